The third kappa shape index (κ3) is 33.6. The fourth-order valence-corrected chi connectivity index (χ4v) is 6.22. The molecule has 8 nitrogen and oxygen atoms in total. The number of rotatable bonds is 38. The van der Waals surface area contributed by atoms with Crippen molar-refractivity contribution in [1.29, 1.82) is 0 Å². The second-order valence-corrected chi connectivity index (χ2v) is 15.6. The lowest BCUT2D eigenvalue weighted by Gasteiger charge is -2.34. The number of unbranched alkanes of at least 4 members (excludes halogenated alkanes) is 20. The van der Waals surface area contributed by atoms with Crippen molar-refractivity contribution in [3.05, 3.63) is 24.3 Å². The zero-order valence-electron chi connectivity index (χ0n) is 34.5. The summed E-state index contributed by atoms with van der Waals surface area (Å²) in [5.41, 5.74) is 0. The summed E-state index contributed by atoms with van der Waals surface area (Å²) in [4.78, 5) is 36.6. The van der Waals surface area contributed by atoms with Gasteiger partial charge in [-0.1, -0.05) is 147 Å². The molecule has 0 aliphatic rings. The first kappa shape index (κ1) is 49.8. The highest BCUT2D eigenvalue weighted by Crippen LogP contribution is 2.14. The van der Waals surface area contributed by atoms with Crippen molar-refractivity contribution >= 4 is 17.9 Å². The Hall–Kier alpha value is -2.19. The van der Waals surface area contributed by atoms with Crippen LogP contribution in [0.3, 0.4) is 0 Å². The van der Waals surface area contributed by atoms with Crippen molar-refractivity contribution in [2.75, 3.05) is 41.0 Å². The fraction of sp³-hybridized carbons (Fsp3) is 0.841. The molecule has 52 heavy (non-hydrogen) atoms. The topological polar surface area (TPSA) is 102 Å². The molecule has 0 aliphatic carbocycles. The number of ether oxygens (including phenoxy) is 3. The molecule has 0 N–H and O–H groups in total. The average Bonchev–Trinajstić information content (AvgIpc) is 3.09. The Labute approximate surface area is 320 Å². The first-order valence-corrected chi connectivity index (χ1v) is 21.4. The van der Waals surface area contributed by atoms with E-state index in [-0.39, 0.29) is 42.7 Å². The van der Waals surface area contributed by atoms with Gasteiger partial charge in [-0.05, 0) is 44.9 Å². The van der Waals surface area contributed by atoms with E-state index in [1.165, 1.54) is 109 Å². The molecule has 0 saturated carbocycles. The van der Waals surface area contributed by atoms with Gasteiger partial charge in [0.05, 0.1) is 40.3 Å². The number of allylic oxidation sites excluding steroid dienone is 4. The molecule has 304 valence electrons. The second-order valence-electron chi connectivity index (χ2n) is 15.6. The summed E-state index contributed by atoms with van der Waals surface area (Å²) in [6, 6.07) is -0.722. The molecule has 0 aromatic rings. The number of hydrogen-bond donors (Lipinski definition) is 0. The Morgan fingerprint density at radius 2 is 1.02 bits per heavy atom. The van der Waals surface area contributed by atoms with E-state index in [9.17, 15) is 19.5 Å². The second kappa shape index (κ2) is 35.8. The molecule has 0 aromatic carbocycles. The Bertz CT molecular complexity index is 911. The summed E-state index contributed by atoms with van der Waals surface area (Å²) < 4.78 is 17.1. The van der Waals surface area contributed by atoms with Gasteiger partial charge < -0.3 is 28.6 Å². The van der Waals surface area contributed by atoms with E-state index in [0.717, 1.165) is 44.9 Å². The first-order chi connectivity index (χ1) is 25.1. The SMILES string of the molecule is CCCCCCC/C=C\C/C=C\CCCCCCCCCCCC(=O)OC(COCCC(C(=O)[O-])[N+](C)(C)C)COC(=O)CCCCCCCCC. The normalized spacial score (nSPS) is 13.2. The highest BCUT2D eigenvalue weighted by molar-refractivity contribution is 5.70. The van der Waals surface area contributed by atoms with Crippen LogP contribution in [0, 0.1) is 0 Å². The monoisotopic (exact) mass is 736 g/mol. The third-order valence-electron chi connectivity index (χ3n) is 9.59. The number of carboxylic acids is 1. The Morgan fingerprint density at radius 3 is 1.48 bits per heavy atom. The van der Waals surface area contributed by atoms with Gasteiger partial charge in [0.25, 0.3) is 0 Å². The van der Waals surface area contributed by atoms with Crippen molar-refractivity contribution in [3.8, 4) is 0 Å². The molecule has 0 saturated heterocycles. The minimum absolute atomic E-state index is 0.0420. The van der Waals surface area contributed by atoms with E-state index < -0.39 is 18.1 Å². The van der Waals surface area contributed by atoms with Crippen LogP contribution in [0.1, 0.15) is 187 Å². The van der Waals surface area contributed by atoms with Gasteiger partial charge in [-0.15, -0.1) is 0 Å². The number of hydrogen-bond acceptors (Lipinski definition) is 7. The van der Waals surface area contributed by atoms with E-state index in [4.69, 9.17) is 14.2 Å². The minimum Gasteiger partial charge on any atom is -0.544 e. The molecule has 8 heteroatoms. The Kier molecular flexibility index (Phi) is 34.3. The zero-order chi connectivity index (χ0) is 38.5. The van der Waals surface area contributed by atoms with E-state index in [1.54, 1.807) is 21.1 Å². The van der Waals surface area contributed by atoms with Gasteiger partial charge in [0.15, 0.2) is 6.10 Å². The largest absolute Gasteiger partial charge is 0.544 e. The predicted octanol–water partition coefficient (Wildman–Crippen LogP) is 9.97. The van der Waals surface area contributed by atoms with Crippen LogP contribution >= 0.6 is 0 Å². The van der Waals surface area contributed by atoms with Crippen LogP contribution in [0.25, 0.3) is 0 Å². The summed E-state index contributed by atoms with van der Waals surface area (Å²) in [7, 11) is 5.40. The molecule has 0 aromatic heterocycles. The molecule has 0 aliphatic heterocycles. The summed E-state index contributed by atoms with van der Waals surface area (Å²) in [6.45, 7) is 4.61. The molecular formula is C44H81NO7. The molecule has 0 heterocycles. The van der Waals surface area contributed by atoms with Crippen LogP contribution < -0.4 is 5.11 Å². The smallest absolute Gasteiger partial charge is 0.306 e. The van der Waals surface area contributed by atoms with E-state index >= 15 is 0 Å². The van der Waals surface area contributed by atoms with Crippen molar-refractivity contribution in [1.82, 2.24) is 0 Å². The summed E-state index contributed by atoms with van der Waals surface area (Å²) in [5, 5.41) is 11.6. The maximum Gasteiger partial charge on any atom is 0.306 e. The molecule has 0 amide bonds. The van der Waals surface area contributed by atoms with Gasteiger partial charge in [0, 0.05) is 19.3 Å². The van der Waals surface area contributed by atoms with Crippen molar-refractivity contribution in [2.24, 2.45) is 0 Å². The van der Waals surface area contributed by atoms with E-state index in [0.29, 0.717) is 12.8 Å². The van der Waals surface area contributed by atoms with Gasteiger partial charge in [-0.2, -0.15) is 0 Å². The number of aliphatic carboxylic acids is 1. The summed E-state index contributed by atoms with van der Waals surface area (Å²) in [6.07, 6.45) is 37.9. The molecular weight excluding hydrogens is 654 g/mol. The number of carbonyl (C=O) groups is 3. The third-order valence-corrected chi connectivity index (χ3v) is 9.59. The molecule has 0 fully saturated rings. The Morgan fingerprint density at radius 1 is 0.577 bits per heavy atom. The van der Waals surface area contributed by atoms with Gasteiger partial charge in [0.2, 0.25) is 0 Å². The van der Waals surface area contributed by atoms with E-state index in [1.807, 2.05) is 0 Å². The molecule has 0 bridgehead atoms. The van der Waals surface area contributed by atoms with Gasteiger partial charge in [0.1, 0.15) is 12.6 Å². The van der Waals surface area contributed by atoms with Crippen molar-refractivity contribution in [3.63, 3.8) is 0 Å². The number of likely N-dealkylation sites (N-methyl/N-ethyl adjacent to an activating group) is 1. The maximum absolute atomic E-state index is 12.7. The summed E-state index contributed by atoms with van der Waals surface area (Å²) in [5.74, 6) is -1.74. The predicted molar refractivity (Wildman–Crippen MR) is 213 cm³/mol. The minimum atomic E-state index is -1.13. The van der Waals surface area contributed by atoms with Crippen LogP contribution in [-0.2, 0) is 28.6 Å². The average molecular weight is 736 g/mol. The number of carboxylic acid groups (broad SMARTS) is 1. The zero-order valence-corrected chi connectivity index (χ0v) is 34.5. The molecule has 0 rings (SSSR count). The van der Waals surface area contributed by atoms with Gasteiger partial charge in [-0.25, -0.2) is 0 Å². The van der Waals surface area contributed by atoms with Crippen molar-refractivity contribution < 1.29 is 38.2 Å². The van der Waals surface area contributed by atoms with E-state index in [2.05, 4.69) is 38.2 Å². The van der Waals surface area contributed by atoms with Crippen molar-refractivity contribution in [2.45, 2.75) is 199 Å². The molecule has 2 atom stereocenters. The number of carbonyl (C=O) groups excluding carboxylic acids is 3. The highest BCUT2D eigenvalue weighted by Gasteiger charge is 2.25. The van der Waals surface area contributed by atoms with Crippen LogP contribution in [0.15, 0.2) is 24.3 Å². The molecule has 0 radical (unpaired) electrons. The molecule has 2 unspecified atom stereocenters. The van der Waals surface area contributed by atoms with Crippen LogP contribution in [-0.4, -0.2) is 75.5 Å². The van der Waals surface area contributed by atoms with Crippen LogP contribution in [0.4, 0.5) is 0 Å². The number of quaternary nitrogens is 1. The van der Waals surface area contributed by atoms with Crippen LogP contribution in [0.5, 0.6) is 0 Å². The lowest BCUT2D eigenvalue weighted by Crippen LogP contribution is -2.55. The number of esters is 2. The summed E-state index contributed by atoms with van der Waals surface area (Å²) >= 11 is 0. The standard InChI is InChI=1S/C44H81NO7/c1-6-8-10-12-14-15-16-17-18-19-20-21-22-23-24-25-26-27-29-31-33-35-43(47)52-40(38-50-37-36-41(44(48)49)45(3,4)5)39-51-42(46)34-32-30-28-13-11-9-7-2/h16-17,19-20,40-41H,6-15,18,21-39H2,1-5H3/b17-16-,20-19-. The highest BCUT2D eigenvalue weighted by atomic mass is 16.6. The van der Waals surface area contributed by atoms with Gasteiger partial charge >= 0.3 is 11.9 Å². The first-order valence-electron chi connectivity index (χ1n) is 21.4. The molecule has 0 spiro atoms. The maximum atomic E-state index is 12.7. The quantitative estimate of drug-likeness (QED) is 0.0269. The Balaban J connectivity index is 4.21. The fourth-order valence-electron chi connectivity index (χ4n) is 6.22. The lowest BCUT2D eigenvalue weighted by atomic mass is 10.1. The van der Waals surface area contributed by atoms with Crippen LogP contribution in [0.2, 0.25) is 0 Å². The number of nitrogens with zero attached hydrogens (tertiary/aromatic N) is 1. The lowest BCUT2D eigenvalue weighted by molar-refractivity contribution is -0.889. The van der Waals surface area contributed by atoms with Gasteiger partial charge in [-0.3, -0.25) is 9.59 Å².